The molecule has 0 aliphatic heterocycles. The monoisotopic (exact) mass is 185 g/mol. The van der Waals surface area contributed by atoms with Gasteiger partial charge in [-0.05, 0) is 24.1 Å². The summed E-state index contributed by atoms with van der Waals surface area (Å²) in [6.07, 6.45) is 0.845. The molecule has 0 aromatic heterocycles. The maximum Gasteiger partial charge on any atom is 0.0566 e. The summed E-state index contributed by atoms with van der Waals surface area (Å²) >= 11 is 5.72. The molecule has 0 bridgehead atoms. The van der Waals surface area contributed by atoms with E-state index in [2.05, 4.69) is 5.48 Å². The van der Waals surface area contributed by atoms with Crippen LogP contribution in [0.4, 0.5) is 0 Å². The molecule has 1 aromatic carbocycles. The number of hydrogen-bond acceptors (Lipinski definition) is 2. The van der Waals surface area contributed by atoms with Gasteiger partial charge in [0.25, 0.3) is 0 Å². The van der Waals surface area contributed by atoms with Crippen molar-refractivity contribution < 1.29 is 5.21 Å². The van der Waals surface area contributed by atoms with Gasteiger partial charge in [-0.1, -0.05) is 30.7 Å². The van der Waals surface area contributed by atoms with Crippen LogP contribution in [0.3, 0.4) is 0 Å². The first-order chi connectivity index (χ1) is 5.77. The van der Waals surface area contributed by atoms with Crippen LogP contribution in [0.15, 0.2) is 24.3 Å². The summed E-state index contributed by atoms with van der Waals surface area (Å²) in [5.74, 6) is 0. The molecule has 0 spiro atoms. The molecule has 66 valence electrons. The van der Waals surface area contributed by atoms with Gasteiger partial charge in [0.05, 0.1) is 6.04 Å². The van der Waals surface area contributed by atoms with Crippen molar-refractivity contribution >= 4 is 11.6 Å². The zero-order valence-electron chi connectivity index (χ0n) is 6.92. The molecule has 3 heteroatoms. The lowest BCUT2D eigenvalue weighted by molar-refractivity contribution is 0.124. The van der Waals surface area contributed by atoms with Crippen molar-refractivity contribution in [2.24, 2.45) is 0 Å². The first kappa shape index (κ1) is 9.52. The number of rotatable bonds is 3. The molecule has 1 atom stereocenters. The second kappa shape index (κ2) is 4.45. The van der Waals surface area contributed by atoms with E-state index in [4.69, 9.17) is 16.8 Å². The van der Waals surface area contributed by atoms with E-state index in [1.165, 1.54) is 0 Å². The van der Waals surface area contributed by atoms with E-state index in [1.807, 2.05) is 31.2 Å². The Labute approximate surface area is 77.1 Å². The van der Waals surface area contributed by atoms with Crippen molar-refractivity contribution in [2.75, 3.05) is 0 Å². The summed E-state index contributed by atoms with van der Waals surface area (Å²) in [5, 5.41) is 9.48. The Bertz CT molecular complexity index is 231. The lowest BCUT2D eigenvalue weighted by Crippen LogP contribution is -2.15. The Morgan fingerprint density at radius 2 is 2.00 bits per heavy atom. The quantitative estimate of drug-likeness (QED) is 0.710. The summed E-state index contributed by atoms with van der Waals surface area (Å²) in [5.41, 5.74) is 3.29. The first-order valence-corrected chi connectivity index (χ1v) is 4.30. The topological polar surface area (TPSA) is 32.3 Å². The molecule has 0 amide bonds. The number of hydroxylamine groups is 1. The van der Waals surface area contributed by atoms with Crippen LogP contribution in [0.2, 0.25) is 5.02 Å². The smallest absolute Gasteiger partial charge is 0.0566 e. The van der Waals surface area contributed by atoms with Crippen molar-refractivity contribution in [1.29, 1.82) is 0 Å². The van der Waals surface area contributed by atoms with Gasteiger partial charge in [-0.15, -0.1) is 0 Å². The fourth-order valence-electron chi connectivity index (χ4n) is 1.10. The highest BCUT2D eigenvalue weighted by molar-refractivity contribution is 6.30. The summed E-state index contributed by atoms with van der Waals surface area (Å²) in [6, 6.07) is 7.44. The van der Waals surface area contributed by atoms with Crippen LogP contribution in [0.5, 0.6) is 0 Å². The van der Waals surface area contributed by atoms with Crippen LogP contribution in [0.1, 0.15) is 24.9 Å². The average Bonchev–Trinajstić information content (AvgIpc) is 2.10. The predicted molar refractivity (Wildman–Crippen MR) is 49.4 cm³/mol. The van der Waals surface area contributed by atoms with E-state index in [0.29, 0.717) is 5.02 Å². The molecule has 0 heterocycles. The number of nitrogens with one attached hydrogen (secondary N) is 1. The lowest BCUT2D eigenvalue weighted by atomic mass is 10.1. The Balaban J connectivity index is 2.80. The molecule has 1 unspecified atom stereocenters. The van der Waals surface area contributed by atoms with Gasteiger partial charge >= 0.3 is 0 Å². The third-order valence-electron chi connectivity index (χ3n) is 1.84. The molecular formula is C9H12ClNO. The van der Waals surface area contributed by atoms with Crippen molar-refractivity contribution in [1.82, 2.24) is 5.48 Å². The zero-order chi connectivity index (χ0) is 8.97. The molecule has 12 heavy (non-hydrogen) atoms. The van der Waals surface area contributed by atoms with Crippen molar-refractivity contribution in [3.8, 4) is 0 Å². The van der Waals surface area contributed by atoms with E-state index in [9.17, 15) is 0 Å². The minimum atomic E-state index is 0.00210. The minimum Gasteiger partial charge on any atom is -0.316 e. The molecule has 0 saturated heterocycles. The van der Waals surface area contributed by atoms with E-state index in [-0.39, 0.29) is 6.04 Å². The fourth-order valence-corrected chi connectivity index (χ4v) is 1.22. The summed E-state index contributed by atoms with van der Waals surface area (Å²) in [7, 11) is 0. The molecule has 1 aromatic rings. The maximum absolute atomic E-state index is 8.77. The molecule has 1 rings (SSSR count). The molecule has 2 nitrogen and oxygen atoms in total. The fraction of sp³-hybridized carbons (Fsp3) is 0.333. The van der Waals surface area contributed by atoms with Crippen LogP contribution >= 0.6 is 11.6 Å². The average molecular weight is 186 g/mol. The van der Waals surface area contributed by atoms with Gasteiger partial charge in [0.2, 0.25) is 0 Å². The first-order valence-electron chi connectivity index (χ1n) is 3.93. The zero-order valence-corrected chi connectivity index (χ0v) is 7.67. The molecule has 2 N–H and O–H groups in total. The molecule has 0 saturated carbocycles. The van der Waals surface area contributed by atoms with E-state index < -0.39 is 0 Å². The number of halogens is 1. The molecular weight excluding hydrogens is 174 g/mol. The SMILES string of the molecule is CCC(NO)c1ccc(Cl)cc1. The van der Waals surface area contributed by atoms with E-state index in [0.717, 1.165) is 12.0 Å². The van der Waals surface area contributed by atoms with Gasteiger partial charge in [-0.25, -0.2) is 0 Å². The summed E-state index contributed by atoms with van der Waals surface area (Å²) in [4.78, 5) is 0. The van der Waals surface area contributed by atoms with E-state index >= 15 is 0 Å². The van der Waals surface area contributed by atoms with Crippen LogP contribution < -0.4 is 5.48 Å². The third kappa shape index (κ3) is 2.21. The molecule has 0 radical (unpaired) electrons. The van der Waals surface area contributed by atoms with Gasteiger partial charge < -0.3 is 5.21 Å². The van der Waals surface area contributed by atoms with E-state index in [1.54, 1.807) is 0 Å². The highest BCUT2D eigenvalue weighted by Gasteiger charge is 2.05. The predicted octanol–water partition coefficient (Wildman–Crippen LogP) is 2.77. The van der Waals surface area contributed by atoms with Crippen LogP contribution in [0.25, 0.3) is 0 Å². The largest absolute Gasteiger partial charge is 0.316 e. The Morgan fingerprint density at radius 1 is 1.42 bits per heavy atom. The van der Waals surface area contributed by atoms with Gasteiger partial charge in [-0.2, -0.15) is 5.48 Å². The normalized spacial score (nSPS) is 12.9. The van der Waals surface area contributed by atoms with Gasteiger partial charge in [0.1, 0.15) is 0 Å². The molecule has 0 fully saturated rings. The van der Waals surface area contributed by atoms with Crippen molar-refractivity contribution in [3.05, 3.63) is 34.9 Å². The Morgan fingerprint density at radius 3 is 2.42 bits per heavy atom. The maximum atomic E-state index is 8.77. The minimum absolute atomic E-state index is 0.00210. The highest BCUT2D eigenvalue weighted by atomic mass is 35.5. The molecule has 0 aliphatic carbocycles. The number of hydrogen-bond donors (Lipinski definition) is 2. The van der Waals surface area contributed by atoms with Gasteiger partial charge in [-0.3, -0.25) is 0 Å². The van der Waals surface area contributed by atoms with Crippen molar-refractivity contribution in [2.45, 2.75) is 19.4 Å². The standard InChI is InChI=1S/C9H12ClNO/c1-2-9(11-12)7-3-5-8(10)6-4-7/h3-6,9,11-12H,2H2,1H3. The second-order valence-corrected chi connectivity index (χ2v) is 3.08. The summed E-state index contributed by atoms with van der Waals surface area (Å²) < 4.78 is 0. The summed E-state index contributed by atoms with van der Waals surface area (Å²) in [6.45, 7) is 2.00. The second-order valence-electron chi connectivity index (χ2n) is 2.64. The van der Waals surface area contributed by atoms with Gasteiger partial charge in [0.15, 0.2) is 0 Å². The highest BCUT2D eigenvalue weighted by Crippen LogP contribution is 2.18. The van der Waals surface area contributed by atoms with Crippen LogP contribution in [0, 0.1) is 0 Å². The third-order valence-corrected chi connectivity index (χ3v) is 2.09. The molecule has 0 aliphatic rings. The van der Waals surface area contributed by atoms with Gasteiger partial charge in [0, 0.05) is 5.02 Å². The Kier molecular flexibility index (Phi) is 3.53. The van der Waals surface area contributed by atoms with Crippen LogP contribution in [-0.4, -0.2) is 5.21 Å². The van der Waals surface area contributed by atoms with Crippen molar-refractivity contribution in [3.63, 3.8) is 0 Å². The Hall–Kier alpha value is -0.570. The van der Waals surface area contributed by atoms with Crippen LogP contribution in [-0.2, 0) is 0 Å². The lowest BCUT2D eigenvalue weighted by Gasteiger charge is -2.12. The number of benzene rings is 1.